The van der Waals surface area contributed by atoms with E-state index >= 15 is 0 Å². The molecule has 5 heteroatoms. The van der Waals surface area contributed by atoms with E-state index in [9.17, 15) is 0 Å². The van der Waals surface area contributed by atoms with Crippen LogP contribution < -0.4 is 0 Å². The molecule has 3 fully saturated rings. The Bertz CT molecular complexity index is 297. The van der Waals surface area contributed by atoms with Crippen molar-refractivity contribution in [2.24, 2.45) is 5.92 Å². The van der Waals surface area contributed by atoms with Crippen LogP contribution >= 0.6 is 0 Å². The van der Waals surface area contributed by atoms with E-state index < -0.39 is 8.80 Å². The first-order valence-corrected chi connectivity index (χ1v) is 9.59. The molecule has 3 heterocycles. The van der Waals surface area contributed by atoms with Gasteiger partial charge in [-0.05, 0) is 31.6 Å². The quantitative estimate of drug-likeness (QED) is 0.586. The summed E-state index contributed by atoms with van der Waals surface area (Å²) in [6.45, 7) is 5.43. The average Bonchev–Trinajstić information content (AvgIpc) is 2.37. The number of nitrogens with zero attached hydrogens (tertiary/aromatic N) is 1. The maximum absolute atomic E-state index is 6.07. The van der Waals surface area contributed by atoms with Crippen molar-refractivity contribution in [3.8, 4) is 0 Å². The van der Waals surface area contributed by atoms with Crippen molar-refractivity contribution in [2.45, 2.75) is 31.7 Å². The second kappa shape index (κ2) is 6.50. The molecule has 3 saturated heterocycles. The molecule has 3 aliphatic heterocycles. The maximum atomic E-state index is 6.07. The van der Waals surface area contributed by atoms with Gasteiger partial charge in [0.15, 0.2) is 0 Å². The molecule has 0 radical (unpaired) electrons. The van der Waals surface area contributed by atoms with Gasteiger partial charge in [-0.2, -0.15) is 0 Å². The van der Waals surface area contributed by atoms with Gasteiger partial charge in [-0.25, -0.2) is 0 Å². The summed E-state index contributed by atoms with van der Waals surface area (Å²) in [6, 6.07) is 1.01. The molecule has 1 atom stereocenters. The maximum Gasteiger partial charge on any atom is 0.501 e. The topological polar surface area (TPSA) is 30.9 Å². The first kappa shape index (κ1) is 13.8. The Morgan fingerprint density at radius 1 is 1.00 bits per heavy atom. The van der Waals surface area contributed by atoms with E-state index in [0.717, 1.165) is 51.4 Å². The van der Waals surface area contributed by atoms with Crippen molar-refractivity contribution in [1.82, 2.24) is 4.90 Å². The van der Waals surface area contributed by atoms with Crippen LogP contribution in [0.4, 0.5) is 0 Å². The molecule has 0 aromatic rings. The lowest BCUT2D eigenvalue weighted by Gasteiger charge is -2.38. The van der Waals surface area contributed by atoms with Gasteiger partial charge >= 0.3 is 8.80 Å². The fourth-order valence-corrected chi connectivity index (χ4v) is 5.82. The standard InChI is InChI=1S/C14H25NO3Si/c1-2-4-14(5-3-1)6-13-19-16-10-7-15(8-11-17-19)9-12-18-19/h1-2,14H,3-13H2. The van der Waals surface area contributed by atoms with Gasteiger partial charge < -0.3 is 13.3 Å². The molecule has 0 aromatic carbocycles. The zero-order chi connectivity index (χ0) is 13.0. The summed E-state index contributed by atoms with van der Waals surface area (Å²) in [5.41, 5.74) is 0. The van der Waals surface area contributed by atoms with Crippen molar-refractivity contribution >= 4 is 8.80 Å². The smallest absolute Gasteiger partial charge is 0.372 e. The summed E-state index contributed by atoms with van der Waals surface area (Å²) in [7, 11) is -2.36. The predicted molar refractivity (Wildman–Crippen MR) is 76.0 cm³/mol. The van der Waals surface area contributed by atoms with Crippen molar-refractivity contribution in [1.29, 1.82) is 0 Å². The summed E-state index contributed by atoms with van der Waals surface area (Å²) in [5.74, 6) is 0.801. The molecule has 1 unspecified atom stereocenters. The highest BCUT2D eigenvalue weighted by atomic mass is 28.4. The molecule has 4 rings (SSSR count). The number of fused-ring (bicyclic) bond motifs is 6. The molecule has 0 aromatic heterocycles. The summed E-state index contributed by atoms with van der Waals surface area (Å²) in [4.78, 5) is 2.36. The summed E-state index contributed by atoms with van der Waals surface area (Å²) in [6.07, 6.45) is 9.59. The van der Waals surface area contributed by atoms with E-state index in [1.165, 1.54) is 25.7 Å². The SMILES string of the molecule is C1=CCC(CC[Si]23OCCN(CCO2)CCO3)CC1. The fraction of sp³-hybridized carbons (Fsp3) is 0.857. The van der Waals surface area contributed by atoms with Crippen LogP contribution in [0.2, 0.25) is 6.04 Å². The molecule has 1 aliphatic carbocycles. The number of rotatable bonds is 3. The Balaban J connectivity index is 1.57. The van der Waals surface area contributed by atoms with Crippen LogP contribution in [0.1, 0.15) is 25.7 Å². The molecule has 0 saturated carbocycles. The molecule has 0 spiro atoms. The van der Waals surface area contributed by atoms with E-state index in [-0.39, 0.29) is 0 Å². The first-order chi connectivity index (χ1) is 9.36. The highest BCUT2D eigenvalue weighted by Crippen LogP contribution is 2.29. The molecule has 4 aliphatic rings. The third kappa shape index (κ3) is 3.67. The van der Waals surface area contributed by atoms with Gasteiger partial charge in [0.05, 0.1) is 19.8 Å². The minimum absolute atomic E-state index is 0.775. The zero-order valence-electron chi connectivity index (χ0n) is 11.7. The van der Waals surface area contributed by atoms with E-state index in [1.54, 1.807) is 0 Å². The van der Waals surface area contributed by atoms with Crippen LogP contribution in [0, 0.1) is 5.92 Å². The number of allylic oxidation sites excluding steroid dienone is 2. The van der Waals surface area contributed by atoms with Gasteiger partial charge in [0.2, 0.25) is 0 Å². The second-order valence-electron chi connectivity index (χ2n) is 5.76. The normalized spacial score (nSPS) is 39.6. The van der Waals surface area contributed by atoms with Gasteiger partial charge in [-0.15, -0.1) is 0 Å². The minimum atomic E-state index is -2.36. The Labute approximate surface area is 117 Å². The van der Waals surface area contributed by atoms with E-state index in [4.69, 9.17) is 13.3 Å². The Kier molecular flexibility index (Phi) is 4.71. The van der Waals surface area contributed by atoms with Crippen LogP contribution in [-0.2, 0) is 13.3 Å². The molecule has 4 nitrogen and oxygen atoms in total. The van der Waals surface area contributed by atoms with Gasteiger partial charge in [-0.1, -0.05) is 12.2 Å². The number of hydrogen-bond acceptors (Lipinski definition) is 4. The molecule has 108 valence electrons. The number of hydrogen-bond donors (Lipinski definition) is 0. The molecule has 0 amide bonds. The largest absolute Gasteiger partial charge is 0.501 e. The van der Waals surface area contributed by atoms with Crippen LogP contribution in [0.15, 0.2) is 12.2 Å². The van der Waals surface area contributed by atoms with Crippen molar-refractivity contribution in [3.63, 3.8) is 0 Å². The summed E-state index contributed by atoms with van der Waals surface area (Å²) >= 11 is 0. The van der Waals surface area contributed by atoms with Crippen molar-refractivity contribution in [2.75, 3.05) is 39.5 Å². The van der Waals surface area contributed by atoms with E-state index in [1.807, 2.05) is 0 Å². The molecule has 19 heavy (non-hydrogen) atoms. The monoisotopic (exact) mass is 283 g/mol. The summed E-state index contributed by atoms with van der Waals surface area (Å²) in [5, 5.41) is 0. The Morgan fingerprint density at radius 3 is 2.26 bits per heavy atom. The van der Waals surface area contributed by atoms with Gasteiger partial charge in [0.25, 0.3) is 0 Å². The molecule has 0 N–H and O–H groups in total. The van der Waals surface area contributed by atoms with Crippen LogP contribution in [0.5, 0.6) is 0 Å². The Hall–Kier alpha value is -0.203. The third-order valence-electron chi connectivity index (χ3n) is 4.42. The predicted octanol–water partition coefficient (Wildman–Crippen LogP) is 2.05. The summed E-state index contributed by atoms with van der Waals surface area (Å²) < 4.78 is 18.2. The van der Waals surface area contributed by atoms with Crippen molar-refractivity contribution < 1.29 is 13.3 Å². The van der Waals surface area contributed by atoms with Gasteiger partial charge in [-0.3, -0.25) is 4.90 Å². The third-order valence-corrected chi connectivity index (χ3v) is 7.26. The zero-order valence-corrected chi connectivity index (χ0v) is 12.7. The highest BCUT2D eigenvalue weighted by Gasteiger charge is 2.43. The molecular formula is C14H25NO3Si. The van der Waals surface area contributed by atoms with E-state index in [0.29, 0.717) is 0 Å². The molecular weight excluding hydrogens is 258 g/mol. The van der Waals surface area contributed by atoms with Gasteiger partial charge in [0, 0.05) is 25.7 Å². The lowest BCUT2D eigenvalue weighted by molar-refractivity contribution is -0.00918. The highest BCUT2D eigenvalue weighted by molar-refractivity contribution is 6.60. The fourth-order valence-electron chi connectivity index (χ4n) is 3.17. The molecule has 2 bridgehead atoms. The van der Waals surface area contributed by atoms with Gasteiger partial charge in [0.1, 0.15) is 0 Å². The van der Waals surface area contributed by atoms with Crippen LogP contribution in [0.25, 0.3) is 0 Å². The van der Waals surface area contributed by atoms with Crippen molar-refractivity contribution in [3.05, 3.63) is 12.2 Å². The lowest BCUT2D eigenvalue weighted by atomic mass is 9.92. The first-order valence-electron chi connectivity index (χ1n) is 7.66. The minimum Gasteiger partial charge on any atom is -0.372 e. The van der Waals surface area contributed by atoms with Crippen LogP contribution in [0.3, 0.4) is 0 Å². The van der Waals surface area contributed by atoms with E-state index in [2.05, 4.69) is 17.1 Å². The Morgan fingerprint density at radius 2 is 1.68 bits per heavy atom. The second-order valence-corrected chi connectivity index (χ2v) is 8.49. The van der Waals surface area contributed by atoms with Crippen LogP contribution in [-0.4, -0.2) is 53.2 Å². The average molecular weight is 283 g/mol. The lowest BCUT2D eigenvalue weighted by Crippen LogP contribution is -2.55.